The Morgan fingerprint density at radius 3 is 2.90 bits per heavy atom. The number of amides is 1. The highest BCUT2D eigenvalue weighted by atomic mass is 32.1. The molecular formula is C16H21N3OS. The van der Waals surface area contributed by atoms with Crippen LogP contribution in [0.2, 0.25) is 0 Å². The lowest BCUT2D eigenvalue weighted by Gasteiger charge is -2.24. The summed E-state index contributed by atoms with van der Waals surface area (Å²) < 4.78 is 1.86. The van der Waals surface area contributed by atoms with E-state index in [4.69, 9.17) is 0 Å². The summed E-state index contributed by atoms with van der Waals surface area (Å²) in [6.45, 7) is 4.89. The molecule has 2 aromatic heterocycles. The minimum Gasteiger partial charge on any atom is -0.335 e. The smallest absolute Gasteiger partial charge is 0.227 e. The highest BCUT2D eigenvalue weighted by molar-refractivity contribution is 7.07. The van der Waals surface area contributed by atoms with Crippen LogP contribution in [-0.4, -0.2) is 27.1 Å². The van der Waals surface area contributed by atoms with Crippen LogP contribution in [0.25, 0.3) is 0 Å². The molecule has 1 saturated heterocycles. The van der Waals surface area contributed by atoms with Crippen molar-refractivity contribution in [3.05, 3.63) is 39.3 Å². The van der Waals surface area contributed by atoms with Gasteiger partial charge in [-0.05, 0) is 49.1 Å². The van der Waals surface area contributed by atoms with Gasteiger partial charge in [-0.25, -0.2) is 0 Å². The second-order valence-electron chi connectivity index (χ2n) is 5.75. The van der Waals surface area contributed by atoms with E-state index in [9.17, 15) is 4.79 Å². The van der Waals surface area contributed by atoms with Gasteiger partial charge in [0.25, 0.3) is 0 Å². The van der Waals surface area contributed by atoms with Gasteiger partial charge in [0, 0.05) is 24.8 Å². The van der Waals surface area contributed by atoms with E-state index in [0.29, 0.717) is 6.42 Å². The van der Waals surface area contributed by atoms with Crippen LogP contribution in [0.4, 0.5) is 0 Å². The minimum absolute atomic E-state index is 0.225. The van der Waals surface area contributed by atoms with Gasteiger partial charge >= 0.3 is 0 Å². The number of nitrogens with zero attached hydrogens (tertiary/aromatic N) is 3. The fraction of sp³-hybridized carbons (Fsp3) is 0.500. The number of rotatable bonds is 3. The second-order valence-corrected chi connectivity index (χ2v) is 6.53. The Morgan fingerprint density at radius 2 is 2.29 bits per heavy atom. The van der Waals surface area contributed by atoms with Gasteiger partial charge in [0.2, 0.25) is 5.91 Å². The zero-order chi connectivity index (χ0) is 15.0. The maximum Gasteiger partial charge on any atom is 0.227 e. The quantitative estimate of drug-likeness (QED) is 0.874. The maximum absolute atomic E-state index is 12.7. The molecule has 1 atom stereocenters. The van der Waals surface area contributed by atoms with Crippen LogP contribution in [0.3, 0.4) is 0 Å². The Kier molecular flexibility index (Phi) is 3.85. The van der Waals surface area contributed by atoms with E-state index >= 15 is 0 Å². The number of aryl methyl sites for hydroxylation is 2. The Balaban J connectivity index is 1.79. The fourth-order valence-corrected chi connectivity index (χ4v) is 3.91. The summed E-state index contributed by atoms with van der Waals surface area (Å²) in [4.78, 5) is 14.8. The maximum atomic E-state index is 12.7. The van der Waals surface area contributed by atoms with Crippen molar-refractivity contribution in [2.45, 2.75) is 39.2 Å². The second kappa shape index (κ2) is 5.64. The first-order valence-electron chi connectivity index (χ1n) is 7.38. The average Bonchev–Trinajstić information content (AvgIpc) is 3.15. The zero-order valence-electron chi connectivity index (χ0n) is 12.8. The van der Waals surface area contributed by atoms with Gasteiger partial charge in [-0.15, -0.1) is 0 Å². The van der Waals surface area contributed by atoms with Crippen LogP contribution in [0.5, 0.6) is 0 Å². The monoisotopic (exact) mass is 303 g/mol. The van der Waals surface area contributed by atoms with E-state index in [1.165, 1.54) is 5.56 Å². The van der Waals surface area contributed by atoms with Crippen LogP contribution in [0, 0.1) is 13.8 Å². The van der Waals surface area contributed by atoms with Gasteiger partial charge in [0.05, 0.1) is 18.2 Å². The molecule has 4 nitrogen and oxygen atoms in total. The first-order valence-corrected chi connectivity index (χ1v) is 8.33. The fourth-order valence-electron chi connectivity index (χ4n) is 3.20. The molecule has 1 amide bonds. The number of hydrogen-bond acceptors (Lipinski definition) is 3. The van der Waals surface area contributed by atoms with Crippen LogP contribution in [0.1, 0.15) is 41.4 Å². The van der Waals surface area contributed by atoms with Gasteiger partial charge in [0.15, 0.2) is 0 Å². The molecule has 112 valence electrons. The van der Waals surface area contributed by atoms with Crippen molar-refractivity contribution >= 4 is 17.2 Å². The molecule has 0 bridgehead atoms. The topological polar surface area (TPSA) is 38.1 Å². The third kappa shape index (κ3) is 2.62. The normalized spacial score (nSPS) is 18.4. The summed E-state index contributed by atoms with van der Waals surface area (Å²) in [6, 6.07) is 2.41. The van der Waals surface area contributed by atoms with Crippen molar-refractivity contribution in [2.75, 3.05) is 6.54 Å². The number of carbonyl (C=O) groups is 1. The van der Waals surface area contributed by atoms with Crippen LogP contribution < -0.4 is 0 Å². The predicted molar refractivity (Wildman–Crippen MR) is 84.4 cm³/mol. The molecule has 1 aliphatic heterocycles. The summed E-state index contributed by atoms with van der Waals surface area (Å²) in [5.41, 5.74) is 4.42. The van der Waals surface area contributed by atoms with Crippen LogP contribution in [-0.2, 0) is 18.3 Å². The van der Waals surface area contributed by atoms with Crippen molar-refractivity contribution in [2.24, 2.45) is 7.05 Å². The molecule has 0 radical (unpaired) electrons. The molecule has 21 heavy (non-hydrogen) atoms. The van der Waals surface area contributed by atoms with E-state index in [-0.39, 0.29) is 11.9 Å². The number of hydrogen-bond donors (Lipinski definition) is 0. The minimum atomic E-state index is 0.225. The summed E-state index contributed by atoms with van der Waals surface area (Å²) in [7, 11) is 1.93. The molecule has 0 saturated carbocycles. The lowest BCUT2D eigenvalue weighted by molar-refractivity contribution is -0.131. The zero-order valence-corrected chi connectivity index (χ0v) is 13.6. The van der Waals surface area contributed by atoms with Crippen molar-refractivity contribution in [3.63, 3.8) is 0 Å². The molecule has 0 unspecified atom stereocenters. The molecule has 1 fully saturated rings. The van der Waals surface area contributed by atoms with E-state index in [1.807, 2.05) is 30.5 Å². The van der Waals surface area contributed by atoms with Gasteiger partial charge in [-0.2, -0.15) is 16.4 Å². The number of aromatic nitrogens is 2. The Hall–Kier alpha value is -1.62. The molecule has 2 aromatic rings. The van der Waals surface area contributed by atoms with Crippen LogP contribution in [0.15, 0.2) is 16.8 Å². The Labute approximate surface area is 129 Å². The lowest BCUT2D eigenvalue weighted by Crippen LogP contribution is -2.31. The average molecular weight is 303 g/mol. The van der Waals surface area contributed by atoms with Gasteiger partial charge in [-0.1, -0.05) is 0 Å². The van der Waals surface area contributed by atoms with Crippen molar-refractivity contribution in [3.8, 4) is 0 Å². The first kappa shape index (κ1) is 14.3. The van der Waals surface area contributed by atoms with E-state index in [1.54, 1.807) is 11.3 Å². The first-order chi connectivity index (χ1) is 10.1. The molecule has 1 aliphatic rings. The third-order valence-electron chi connectivity index (χ3n) is 4.49. The highest BCUT2D eigenvalue weighted by Crippen LogP contribution is 2.33. The van der Waals surface area contributed by atoms with Crippen molar-refractivity contribution in [1.29, 1.82) is 0 Å². The molecule has 0 spiro atoms. The van der Waals surface area contributed by atoms with Crippen molar-refractivity contribution < 1.29 is 4.79 Å². The third-order valence-corrected chi connectivity index (χ3v) is 5.19. The highest BCUT2D eigenvalue weighted by Gasteiger charge is 2.30. The van der Waals surface area contributed by atoms with E-state index in [0.717, 1.165) is 36.3 Å². The van der Waals surface area contributed by atoms with Crippen molar-refractivity contribution in [1.82, 2.24) is 14.7 Å². The lowest BCUT2D eigenvalue weighted by atomic mass is 10.1. The molecular weight excluding hydrogens is 282 g/mol. The predicted octanol–water partition coefficient (Wildman–Crippen LogP) is 3.00. The molecule has 0 aliphatic carbocycles. The molecule has 5 heteroatoms. The molecule has 0 aromatic carbocycles. The van der Waals surface area contributed by atoms with E-state index < -0.39 is 0 Å². The van der Waals surface area contributed by atoms with Crippen LogP contribution >= 0.6 is 11.3 Å². The van der Waals surface area contributed by atoms with Gasteiger partial charge in [-0.3, -0.25) is 9.48 Å². The number of thiophene rings is 1. The Morgan fingerprint density at radius 1 is 1.48 bits per heavy atom. The SMILES string of the molecule is Cc1nn(C)c(C)c1CC(=O)N1CCC[C@@H]1c1ccsc1. The molecule has 3 heterocycles. The summed E-state index contributed by atoms with van der Waals surface area (Å²) in [5.74, 6) is 0.225. The largest absolute Gasteiger partial charge is 0.335 e. The molecule has 0 N–H and O–H groups in total. The number of carbonyl (C=O) groups excluding carboxylic acids is 1. The summed E-state index contributed by atoms with van der Waals surface area (Å²) in [5, 5.41) is 8.66. The standard InChI is InChI=1S/C16H21N3OS/c1-11-14(12(2)18(3)17-11)9-16(20)19-7-4-5-15(19)13-6-8-21-10-13/h6,8,10,15H,4-5,7,9H2,1-3H3/t15-/m1/s1. The van der Waals surface area contributed by atoms with E-state index in [2.05, 4.69) is 21.9 Å². The van der Waals surface area contributed by atoms with Gasteiger partial charge in [0.1, 0.15) is 0 Å². The molecule has 3 rings (SSSR count). The summed E-state index contributed by atoms with van der Waals surface area (Å²) >= 11 is 1.70. The Bertz CT molecular complexity index is 645. The van der Waals surface area contributed by atoms with Gasteiger partial charge < -0.3 is 4.90 Å². The number of likely N-dealkylation sites (tertiary alicyclic amines) is 1. The summed E-state index contributed by atoms with van der Waals surface area (Å²) in [6.07, 6.45) is 2.64.